The molecule has 0 spiro atoms. The Hall–Kier alpha value is -2.47. The van der Waals surface area contributed by atoms with Crippen LogP contribution in [0.15, 0.2) is 42.9 Å². The smallest absolute Gasteiger partial charge is 0.251 e. The summed E-state index contributed by atoms with van der Waals surface area (Å²) < 4.78 is 0. The van der Waals surface area contributed by atoms with Gasteiger partial charge in [0, 0.05) is 30.2 Å². The summed E-state index contributed by atoms with van der Waals surface area (Å²) in [5.41, 5.74) is 2.30. The number of benzene rings is 1. The summed E-state index contributed by atoms with van der Waals surface area (Å²) in [5, 5.41) is 14.4. The Morgan fingerprint density at radius 2 is 2.00 bits per heavy atom. The SMILES string of the molecule is O=C(NCCO)c1ccc(NCc2cnccn2)cc1. The lowest BCUT2D eigenvalue weighted by Gasteiger charge is -2.07. The van der Waals surface area contributed by atoms with Crippen LogP contribution >= 0.6 is 0 Å². The van der Waals surface area contributed by atoms with Gasteiger partial charge in [0.2, 0.25) is 0 Å². The lowest BCUT2D eigenvalue weighted by Crippen LogP contribution is -2.26. The molecule has 0 bridgehead atoms. The Labute approximate surface area is 116 Å². The molecule has 3 N–H and O–H groups in total. The zero-order valence-electron chi connectivity index (χ0n) is 10.9. The third kappa shape index (κ3) is 4.03. The van der Waals surface area contributed by atoms with Gasteiger partial charge in [-0.15, -0.1) is 0 Å². The molecule has 0 fully saturated rings. The van der Waals surface area contributed by atoms with Crippen LogP contribution in [0.3, 0.4) is 0 Å². The Kier molecular flexibility index (Phi) is 5.02. The number of aromatic nitrogens is 2. The number of hydrogen-bond acceptors (Lipinski definition) is 5. The standard InChI is InChI=1S/C14H16N4O2/c19-8-7-17-14(20)11-1-3-12(4-2-11)18-10-13-9-15-5-6-16-13/h1-6,9,18-19H,7-8,10H2,(H,17,20). The molecule has 104 valence electrons. The summed E-state index contributed by atoms with van der Waals surface area (Å²) in [6.45, 7) is 0.763. The van der Waals surface area contributed by atoms with E-state index in [1.165, 1.54) is 0 Å². The van der Waals surface area contributed by atoms with E-state index in [9.17, 15) is 4.79 Å². The molecule has 0 aliphatic heterocycles. The molecule has 20 heavy (non-hydrogen) atoms. The first-order valence-corrected chi connectivity index (χ1v) is 6.27. The number of aliphatic hydroxyl groups excluding tert-OH is 1. The highest BCUT2D eigenvalue weighted by molar-refractivity contribution is 5.94. The fourth-order valence-corrected chi connectivity index (χ4v) is 1.62. The van der Waals surface area contributed by atoms with E-state index in [1.807, 2.05) is 12.1 Å². The van der Waals surface area contributed by atoms with Crippen molar-refractivity contribution in [1.82, 2.24) is 15.3 Å². The summed E-state index contributed by atoms with van der Waals surface area (Å²) in [4.78, 5) is 19.8. The summed E-state index contributed by atoms with van der Waals surface area (Å²) in [7, 11) is 0. The van der Waals surface area contributed by atoms with Gasteiger partial charge in [-0.25, -0.2) is 0 Å². The quantitative estimate of drug-likeness (QED) is 0.724. The first kappa shape index (κ1) is 14.0. The molecular formula is C14H16N4O2. The van der Waals surface area contributed by atoms with Crippen LogP contribution in [0.25, 0.3) is 0 Å². The Balaban J connectivity index is 1.90. The third-order valence-corrected chi connectivity index (χ3v) is 2.63. The molecular weight excluding hydrogens is 256 g/mol. The summed E-state index contributed by atoms with van der Waals surface area (Å²) in [6.07, 6.45) is 4.97. The largest absolute Gasteiger partial charge is 0.395 e. The van der Waals surface area contributed by atoms with Crippen LogP contribution in [0.5, 0.6) is 0 Å². The van der Waals surface area contributed by atoms with E-state index >= 15 is 0 Å². The van der Waals surface area contributed by atoms with Gasteiger partial charge in [-0.3, -0.25) is 14.8 Å². The maximum Gasteiger partial charge on any atom is 0.251 e. The van der Waals surface area contributed by atoms with Gasteiger partial charge in [0.05, 0.1) is 25.0 Å². The average molecular weight is 272 g/mol. The highest BCUT2D eigenvalue weighted by Gasteiger charge is 2.04. The number of aliphatic hydroxyl groups is 1. The van der Waals surface area contributed by atoms with Gasteiger partial charge < -0.3 is 15.7 Å². The molecule has 0 saturated carbocycles. The van der Waals surface area contributed by atoms with Gasteiger partial charge in [-0.2, -0.15) is 0 Å². The van der Waals surface area contributed by atoms with Gasteiger partial charge in [-0.05, 0) is 24.3 Å². The predicted molar refractivity (Wildman–Crippen MR) is 75.2 cm³/mol. The number of carbonyl (C=O) groups is 1. The van der Waals surface area contributed by atoms with Gasteiger partial charge in [-0.1, -0.05) is 0 Å². The maximum absolute atomic E-state index is 11.6. The minimum Gasteiger partial charge on any atom is -0.395 e. The molecule has 0 aliphatic rings. The van der Waals surface area contributed by atoms with E-state index in [-0.39, 0.29) is 19.1 Å². The first-order valence-electron chi connectivity index (χ1n) is 6.27. The van der Waals surface area contributed by atoms with E-state index < -0.39 is 0 Å². The average Bonchev–Trinajstić information content (AvgIpc) is 2.52. The van der Waals surface area contributed by atoms with Crippen molar-refractivity contribution in [2.75, 3.05) is 18.5 Å². The van der Waals surface area contributed by atoms with Crippen molar-refractivity contribution in [2.45, 2.75) is 6.54 Å². The topological polar surface area (TPSA) is 87.1 Å². The van der Waals surface area contributed by atoms with Crippen molar-refractivity contribution in [2.24, 2.45) is 0 Å². The molecule has 1 heterocycles. The number of amides is 1. The minimum absolute atomic E-state index is 0.0660. The van der Waals surface area contributed by atoms with Crippen molar-refractivity contribution in [3.63, 3.8) is 0 Å². The molecule has 0 aliphatic carbocycles. The van der Waals surface area contributed by atoms with Crippen LogP contribution in [0.2, 0.25) is 0 Å². The number of carbonyl (C=O) groups excluding carboxylic acids is 1. The normalized spacial score (nSPS) is 10.1. The van der Waals surface area contributed by atoms with Crippen LogP contribution in [-0.4, -0.2) is 34.1 Å². The number of nitrogens with one attached hydrogen (secondary N) is 2. The van der Waals surface area contributed by atoms with Crippen molar-refractivity contribution < 1.29 is 9.90 Å². The Bertz CT molecular complexity index is 543. The van der Waals surface area contributed by atoms with E-state index in [1.54, 1.807) is 30.7 Å². The van der Waals surface area contributed by atoms with Gasteiger partial charge >= 0.3 is 0 Å². The predicted octanol–water partition coefficient (Wildman–Crippen LogP) is 0.811. The fraction of sp³-hybridized carbons (Fsp3) is 0.214. The number of nitrogens with zero attached hydrogens (tertiary/aromatic N) is 2. The maximum atomic E-state index is 11.6. The van der Waals surface area contributed by atoms with Crippen molar-refractivity contribution in [1.29, 1.82) is 0 Å². The van der Waals surface area contributed by atoms with Crippen LogP contribution in [0, 0.1) is 0 Å². The molecule has 1 aromatic carbocycles. The summed E-state index contributed by atoms with van der Waals surface area (Å²) in [6, 6.07) is 7.10. The molecule has 1 aromatic heterocycles. The fourth-order valence-electron chi connectivity index (χ4n) is 1.62. The van der Waals surface area contributed by atoms with Crippen molar-refractivity contribution in [3.8, 4) is 0 Å². The molecule has 0 unspecified atom stereocenters. The summed E-state index contributed by atoms with van der Waals surface area (Å²) in [5.74, 6) is -0.195. The lowest BCUT2D eigenvalue weighted by molar-refractivity contribution is 0.0945. The first-order chi connectivity index (χ1) is 9.79. The van der Waals surface area contributed by atoms with Gasteiger partial charge in [0.25, 0.3) is 5.91 Å². The van der Waals surface area contributed by atoms with E-state index in [2.05, 4.69) is 20.6 Å². The van der Waals surface area contributed by atoms with E-state index in [0.717, 1.165) is 11.4 Å². The summed E-state index contributed by atoms with van der Waals surface area (Å²) >= 11 is 0. The van der Waals surface area contributed by atoms with Gasteiger partial charge in [0.15, 0.2) is 0 Å². The number of anilines is 1. The highest BCUT2D eigenvalue weighted by Crippen LogP contribution is 2.10. The molecule has 6 nitrogen and oxygen atoms in total. The number of hydrogen-bond donors (Lipinski definition) is 3. The molecule has 0 atom stereocenters. The molecule has 2 rings (SSSR count). The van der Waals surface area contributed by atoms with Crippen LogP contribution in [-0.2, 0) is 6.54 Å². The Morgan fingerprint density at radius 3 is 2.65 bits per heavy atom. The zero-order valence-corrected chi connectivity index (χ0v) is 10.9. The van der Waals surface area contributed by atoms with E-state index in [4.69, 9.17) is 5.11 Å². The van der Waals surface area contributed by atoms with E-state index in [0.29, 0.717) is 12.1 Å². The lowest BCUT2D eigenvalue weighted by atomic mass is 10.2. The third-order valence-electron chi connectivity index (χ3n) is 2.63. The second-order valence-electron chi connectivity index (χ2n) is 4.11. The number of rotatable bonds is 6. The molecule has 1 amide bonds. The highest BCUT2D eigenvalue weighted by atomic mass is 16.3. The van der Waals surface area contributed by atoms with Crippen LogP contribution in [0.1, 0.15) is 16.1 Å². The minimum atomic E-state index is -0.195. The zero-order chi connectivity index (χ0) is 14.2. The van der Waals surface area contributed by atoms with Crippen LogP contribution in [0.4, 0.5) is 5.69 Å². The van der Waals surface area contributed by atoms with Crippen LogP contribution < -0.4 is 10.6 Å². The molecule has 6 heteroatoms. The van der Waals surface area contributed by atoms with Crippen molar-refractivity contribution in [3.05, 3.63) is 54.1 Å². The second kappa shape index (κ2) is 7.20. The monoisotopic (exact) mass is 272 g/mol. The molecule has 0 radical (unpaired) electrons. The second-order valence-corrected chi connectivity index (χ2v) is 4.11. The Morgan fingerprint density at radius 1 is 1.20 bits per heavy atom. The molecule has 0 saturated heterocycles. The van der Waals surface area contributed by atoms with Crippen molar-refractivity contribution >= 4 is 11.6 Å². The molecule has 2 aromatic rings. The van der Waals surface area contributed by atoms with Gasteiger partial charge in [0.1, 0.15) is 0 Å².